The first kappa shape index (κ1) is 94.0. The average molecular weight is 1540 g/mol. The third-order valence-electron chi connectivity index (χ3n) is 15.7. The molecule has 6 atom stereocenters. The van der Waals surface area contributed by atoms with E-state index in [1.54, 1.807) is 58.8 Å². The Bertz CT molecular complexity index is 1890. The molecule has 41 heteroatoms. The molecule has 0 aromatic heterocycles. The van der Waals surface area contributed by atoms with Gasteiger partial charge in [0.25, 0.3) is 0 Å². The molecule has 3 aliphatic rings. The molecule has 3 heterocycles. The van der Waals surface area contributed by atoms with Crippen LogP contribution in [0.25, 0.3) is 0 Å². The normalized spacial score (nSPS) is 20.6. The van der Waals surface area contributed by atoms with E-state index in [-0.39, 0.29) is 294 Å². The molecule has 0 aliphatic carbocycles. The van der Waals surface area contributed by atoms with Crippen LogP contribution in [-0.4, -0.2) is 514 Å². The third kappa shape index (κ3) is 43.3. The fraction of sp³-hybridized carbons (Fsp3) is 0.833. The third-order valence-corrected chi connectivity index (χ3v) is 15.7. The Labute approximate surface area is 612 Å². The summed E-state index contributed by atoms with van der Waals surface area (Å²) in [6.07, 6.45) is -3.69. The zero-order chi connectivity index (χ0) is 70.2. The second kappa shape index (κ2) is 53.8. The molecule has 0 spiro atoms. The van der Waals surface area contributed by atoms with Gasteiger partial charge in [0.2, 0.25) is 0 Å². The molecule has 3 aliphatic heterocycles. The Hall–Kier alpha value is -3.03. The number of rotatable bonds is 30. The van der Waals surface area contributed by atoms with E-state index in [0.717, 1.165) is 0 Å². The molecule has 39 nitrogen and oxygen atoms in total. The summed E-state index contributed by atoms with van der Waals surface area (Å²) in [7, 11) is 0. The van der Waals surface area contributed by atoms with Crippen molar-refractivity contribution in [2.75, 3.05) is 256 Å². The molecule has 0 saturated carbocycles. The van der Waals surface area contributed by atoms with Crippen molar-refractivity contribution in [1.82, 2.24) is 58.8 Å². The molecule has 545 valence electrons. The maximum atomic E-state index is 11.2. The Morgan fingerprint density at radius 3 is 0.484 bits per heavy atom. The van der Waals surface area contributed by atoms with Crippen molar-refractivity contribution in [3.05, 3.63) is 0 Å². The number of hydrogen-bond acceptors (Lipinski definition) is 34. The summed E-state index contributed by atoms with van der Waals surface area (Å²) < 4.78 is 0. The van der Waals surface area contributed by atoms with Gasteiger partial charge in [-0.1, -0.05) is 0 Å². The topological polar surface area (TPSA) is 568 Å². The number of aliphatic hydroxyl groups excluding tert-OH is 9. The van der Waals surface area contributed by atoms with Crippen LogP contribution in [0.15, 0.2) is 0 Å². The SMILES string of the molecule is O=C(O)CN1CCN(CC(=O)O)CCN(C(CO)[C@H](O)CO)CCN(CC(=O)O)CC1.O=C([O-])CN1CCN(CC(=O)[O-])CCN(C(CO)[C@H](O)CO)CCN(CC(=O)O)CC1.O=C([O-])CN1CCN(CC(=O)[O-])CCN(C(CO)[C@H](O)CO)CCN(CC(=O)O)CC1.[Ca+2].[Gd+3]. The number of carboxylic acid groups (broad SMARTS) is 9. The molecule has 0 aromatic rings. The molecular formula is C54H98CaGdN12O27+. The standard InChI is InChI=1S/3C18H34N4O9.Ca.Gd/c3*23-12-14(15(25)13-24)22-7-5-20(10-17(28)29)3-1-19(9-16(26)27)2-4-21(6-8-22)11-18(30)31;;/h3*14-15,23-25H,1-13H2,(H,26,27)(H,28,29)(H,30,31);;/q;;;+2;+3/p-4/t3*14?,15-;;/m111../s1. The molecule has 3 fully saturated rings. The minimum atomic E-state index is -1.30. The first-order valence-corrected chi connectivity index (χ1v) is 30.3. The smallest absolute Gasteiger partial charge is 0.549 e. The Morgan fingerprint density at radius 2 is 0.379 bits per heavy atom. The number of nitrogens with zero attached hydrogens (tertiary/aromatic N) is 12. The van der Waals surface area contributed by atoms with Gasteiger partial charge in [-0.2, -0.15) is 0 Å². The molecule has 95 heavy (non-hydrogen) atoms. The van der Waals surface area contributed by atoms with E-state index < -0.39 is 130 Å². The van der Waals surface area contributed by atoms with Crippen molar-refractivity contribution in [3.63, 3.8) is 0 Å². The number of carboxylic acids is 9. The quantitative estimate of drug-likeness (QED) is 0.0297. The van der Waals surface area contributed by atoms with Crippen LogP contribution < -0.4 is 20.4 Å². The molecule has 0 aromatic carbocycles. The minimum absolute atomic E-state index is 0. The van der Waals surface area contributed by atoms with Gasteiger partial charge in [-0.05, 0) is 0 Å². The van der Waals surface area contributed by atoms with Crippen LogP contribution in [0.5, 0.6) is 0 Å². The predicted octanol–water partition coefficient (Wildman–Crippen LogP) is -17.2. The number of aliphatic carboxylic acids is 9. The van der Waals surface area contributed by atoms with Crippen molar-refractivity contribution < 1.29 is 175 Å². The van der Waals surface area contributed by atoms with Gasteiger partial charge in [-0.3, -0.25) is 82.8 Å². The molecule has 0 amide bonds. The predicted molar refractivity (Wildman–Crippen MR) is 319 cm³/mol. The van der Waals surface area contributed by atoms with Crippen LogP contribution in [0.3, 0.4) is 0 Å². The van der Waals surface area contributed by atoms with Crippen LogP contribution in [0, 0.1) is 39.9 Å². The maximum absolute atomic E-state index is 11.2. The Balaban J connectivity index is 0. The first-order valence-electron chi connectivity index (χ1n) is 30.3. The monoisotopic (exact) mass is 1540 g/mol. The summed E-state index contributed by atoms with van der Waals surface area (Å²) in [5, 5.41) is 177. The van der Waals surface area contributed by atoms with Crippen LogP contribution in [0.1, 0.15) is 0 Å². The summed E-state index contributed by atoms with van der Waals surface area (Å²) in [4.78, 5) is 120. The molecule has 3 saturated heterocycles. The van der Waals surface area contributed by atoms with Crippen LogP contribution in [-0.2, 0) is 43.2 Å². The van der Waals surface area contributed by atoms with Gasteiger partial charge in [0.05, 0.1) is 133 Å². The average Bonchev–Trinajstić information content (AvgIpc) is 0.929. The second-order valence-electron chi connectivity index (χ2n) is 22.5. The minimum Gasteiger partial charge on any atom is -0.549 e. The van der Waals surface area contributed by atoms with E-state index >= 15 is 0 Å². The van der Waals surface area contributed by atoms with Crippen molar-refractivity contribution in [2.24, 2.45) is 0 Å². The van der Waals surface area contributed by atoms with Crippen LogP contribution in [0.4, 0.5) is 0 Å². The van der Waals surface area contributed by atoms with Crippen molar-refractivity contribution in [2.45, 2.75) is 36.4 Å². The van der Waals surface area contributed by atoms with Crippen LogP contribution in [0.2, 0.25) is 0 Å². The molecule has 3 unspecified atom stereocenters. The van der Waals surface area contributed by atoms with Gasteiger partial charge in [0, 0.05) is 183 Å². The maximum Gasteiger partial charge on any atom is 3.00 e. The Kier molecular flexibility index (Phi) is 53.3. The number of aliphatic hydroxyl groups is 9. The van der Waals surface area contributed by atoms with E-state index in [1.807, 2.05) is 0 Å². The molecule has 14 N–H and O–H groups in total. The zero-order valence-corrected chi connectivity index (χ0v) is 58.0. The van der Waals surface area contributed by atoms with Crippen LogP contribution >= 0.6 is 0 Å². The number of carbonyl (C=O) groups excluding carboxylic acids is 4. The number of hydrogen-bond donors (Lipinski definition) is 14. The van der Waals surface area contributed by atoms with Gasteiger partial charge in [0.1, 0.15) is 0 Å². The van der Waals surface area contributed by atoms with Crippen molar-refractivity contribution in [1.29, 1.82) is 0 Å². The zero-order valence-electron chi connectivity index (χ0n) is 53.5. The van der Waals surface area contributed by atoms with E-state index in [2.05, 4.69) is 0 Å². The van der Waals surface area contributed by atoms with Crippen molar-refractivity contribution >= 4 is 91.5 Å². The first-order chi connectivity index (χ1) is 44.0. The van der Waals surface area contributed by atoms with Gasteiger partial charge < -0.3 is 111 Å². The van der Waals surface area contributed by atoms with E-state index in [0.29, 0.717) is 0 Å². The molecule has 1 radical (unpaired) electrons. The van der Waals surface area contributed by atoms with Gasteiger partial charge in [-0.25, -0.2) is 0 Å². The largest absolute Gasteiger partial charge is 3.00 e. The van der Waals surface area contributed by atoms with Gasteiger partial charge in [0.15, 0.2) is 0 Å². The van der Waals surface area contributed by atoms with E-state index in [9.17, 15) is 130 Å². The number of carbonyl (C=O) groups is 9. The van der Waals surface area contributed by atoms with Crippen molar-refractivity contribution in [3.8, 4) is 0 Å². The fourth-order valence-electron chi connectivity index (χ4n) is 10.6. The molecule has 3 rings (SSSR count). The van der Waals surface area contributed by atoms with E-state index in [4.69, 9.17) is 5.11 Å². The Morgan fingerprint density at radius 1 is 0.253 bits per heavy atom. The summed E-state index contributed by atoms with van der Waals surface area (Å²) in [6.45, 7) is -0.202. The van der Waals surface area contributed by atoms with E-state index in [1.165, 1.54) is 0 Å². The van der Waals surface area contributed by atoms with Gasteiger partial charge >= 0.3 is 108 Å². The second-order valence-corrected chi connectivity index (χ2v) is 22.5. The summed E-state index contributed by atoms with van der Waals surface area (Å²) in [5.41, 5.74) is 0. The van der Waals surface area contributed by atoms with Gasteiger partial charge in [-0.15, -0.1) is 0 Å². The molecule has 0 bridgehead atoms. The molecular weight excluding hydrogens is 1450 g/mol. The summed E-state index contributed by atoms with van der Waals surface area (Å²) in [6, 6.07) is -2.44. The fourth-order valence-corrected chi connectivity index (χ4v) is 10.6. The summed E-state index contributed by atoms with van der Waals surface area (Å²) >= 11 is 0. The summed E-state index contributed by atoms with van der Waals surface area (Å²) in [5.74, 6) is -10.4.